The van der Waals surface area contributed by atoms with E-state index in [2.05, 4.69) is 48.5 Å². The summed E-state index contributed by atoms with van der Waals surface area (Å²) in [6.07, 6.45) is 1.71. The number of aromatic nitrogens is 1. The summed E-state index contributed by atoms with van der Waals surface area (Å²) in [6, 6.07) is 37.4. The van der Waals surface area contributed by atoms with Crippen LogP contribution >= 0.6 is 0 Å². The van der Waals surface area contributed by atoms with Crippen molar-refractivity contribution in [1.82, 2.24) is 3.97 Å². The van der Waals surface area contributed by atoms with Crippen LogP contribution in [0.3, 0.4) is 0 Å². The van der Waals surface area contributed by atoms with Gasteiger partial charge in [-0.25, -0.2) is 12.4 Å². The number of nitrogens with zero attached hydrogens (tertiary/aromatic N) is 1. The van der Waals surface area contributed by atoms with Gasteiger partial charge in [0.2, 0.25) is 0 Å². The van der Waals surface area contributed by atoms with E-state index < -0.39 is 10.0 Å². The van der Waals surface area contributed by atoms with Crippen LogP contribution in [-0.2, 0) is 22.9 Å². The largest absolute Gasteiger partial charge is 0.268 e. The van der Waals surface area contributed by atoms with E-state index in [1.807, 2.05) is 42.5 Å². The summed E-state index contributed by atoms with van der Waals surface area (Å²) in [5.41, 5.74) is 3.86. The van der Waals surface area contributed by atoms with Crippen LogP contribution < -0.4 is 0 Å². The number of hydrogen-bond acceptors (Lipinski definition) is 2. The molecule has 1 aromatic heterocycles. The van der Waals surface area contributed by atoms with Crippen LogP contribution in [-0.4, -0.2) is 12.4 Å². The third kappa shape index (κ3) is 3.39. The van der Waals surface area contributed by atoms with Crippen LogP contribution in [0.4, 0.5) is 0 Å². The maximum absolute atomic E-state index is 13.7. The van der Waals surface area contributed by atoms with Crippen molar-refractivity contribution in [3.05, 3.63) is 126 Å². The molecule has 6 aromatic rings. The third-order valence-electron chi connectivity index (χ3n) is 6.52. The van der Waals surface area contributed by atoms with E-state index in [-0.39, 0.29) is 0 Å². The molecule has 0 aliphatic heterocycles. The van der Waals surface area contributed by atoms with Gasteiger partial charge in [-0.2, -0.15) is 0 Å². The fourth-order valence-corrected chi connectivity index (χ4v) is 6.44. The minimum Gasteiger partial charge on any atom is -0.233 e. The Balaban J connectivity index is 1.49. The first-order valence-electron chi connectivity index (χ1n) is 11.4. The Hall–Kier alpha value is -3.89. The van der Waals surface area contributed by atoms with Crippen molar-refractivity contribution in [2.45, 2.75) is 17.7 Å². The minimum absolute atomic E-state index is 0.291. The summed E-state index contributed by atoms with van der Waals surface area (Å²) in [4.78, 5) is 0.291. The summed E-state index contributed by atoms with van der Waals surface area (Å²) in [7, 11) is -3.74. The first-order chi connectivity index (χ1) is 16.6. The monoisotopic (exact) mass is 461 g/mol. The van der Waals surface area contributed by atoms with Gasteiger partial charge in [0, 0.05) is 10.8 Å². The number of aryl methyl sites for hydroxylation is 2. The van der Waals surface area contributed by atoms with E-state index in [0.717, 1.165) is 34.7 Å². The van der Waals surface area contributed by atoms with Gasteiger partial charge in [0.05, 0.1) is 15.9 Å². The number of benzene rings is 5. The highest BCUT2D eigenvalue weighted by Gasteiger charge is 2.24. The summed E-state index contributed by atoms with van der Waals surface area (Å²) in [6.45, 7) is 0. The van der Waals surface area contributed by atoms with Crippen LogP contribution in [0.25, 0.3) is 32.6 Å². The van der Waals surface area contributed by atoms with E-state index in [4.69, 9.17) is 0 Å². The Bertz CT molecular complexity index is 1770. The molecule has 0 radical (unpaired) electrons. The molecule has 0 N–H and O–H groups in total. The lowest BCUT2D eigenvalue weighted by Crippen LogP contribution is -2.12. The molecule has 34 heavy (non-hydrogen) atoms. The highest BCUT2D eigenvalue weighted by Crippen LogP contribution is 2.35. The Labute approximate surface area is 199 Å². The fourth-order valence-electron chi connectivity index (χ4n) is 4.90. The molecule has 0 amide bonds. The van der Waals surface area contributed by atoms with Gasteiger partial charge >= 0.3 is 0 Å². The van der Waals surface area contributed by atoms with E-state index >= 15 is 0 Å². The molecular weight excluding hydrogens is 438 g/mol. The number of hydrogen-bond donors (Lipinski definition) is 0. The first-order valence-corrected chi connectivity index (χ1v) is 12.9. The van der Waals surface area contributed by atoms with Crippen LogP contribution in [0.2, 0.25) is 0 Å². The van der Waals surface area contributed by atoms with Crippen LogP contribution in [0.15, 0.2) is 120 Å². The Kier molecular flexibility index (Phi) is 4.96. The van der Waals surface area contributed by atoms with E-state index in [1.165, 1.54) is 20.3 Å². The smallest absolute Gasteiger partial charge is 0.233 e. The molecule has 166 valence electrons. The molecule has 0 unspecified atom stereocenters. The molecular formula is C30H23NO2S. The number of rotatable bonds is 5. The minimum atomic E-state index is -3.74. The highest BCUT2D eigenvalue weighted by molar-refractivity contribution is 7.90. The zero-order valence-corrected chi connectivity index (χ0v) is 19.4. The lowest BCUT2D eigenvalue weighted by molar-refractivity contribution is 0.590. The molecule has 0 aliphatic carbocycles. The molecule has 4 heteroatoms. The molecule has 5 aromatic carbocycles. The summed E-state index contributed by atoms with van der Waals surface area (Å²) in [5, 5.41) is 4.45. The van der Waals surface area contributed by atoms with Crippen LogP contribution in [0, 0.1) is 0 Å². The Morgan fingerprint density at radius 2 is 1.29 bits per heavy atom. The second kappa shape index (κ2) is 8.15. The molecule has 6 rings (SSSR count). The molecule has 1 heterocycles. The lowest BCUT2D eigenvalue weighted by atomic mass is 9.98. The van der Waals surface area contributed by atoms with Crippen LogP contribution in [0.1, 0.15) is 11.1 Å². The molecule has 0 atom stereocenters. The highest BCUT2D eigenvalue weighted by atomic mass is 32.2. The van der Waals surface area contributed by atoms with Crippen LogP contribution in [0.5, 0.6) is 0 Å². The average molecular weight is 462 g/mol. The zero-order valence-electron chi connectivity index (χ0n) is 18.6. The summed E-state index contributed by atoms with van der Waals surface area (Å²) >= 11 is 0. The van der Waals surface area contributed by atoms with E-state index in [9.17, 15) is 8.42 Å². The maximum Gasteiger partial charge on any atom is 0.268 e. The quantitative estimate of drug-likeness (QED) is 0.278. The van der Waals surface area contributed by atoms with E-state index in [1.54, 1.807) is 24.3 Å². The van der Waals surface area contributed by atoms with Gasteiger partial charge in [-0.15, -0.1) is 0 Å². The van der Waals surface area contributed by atoms with Crippen molar-refractivity contribution in [3.63, 3.8) is 0 Å². The number of para-hydroxylation sites is 1. The average Bonchev–Trinajstić information content (AvgIpc) is 3.23. The molecule has 0 bridgehead atoms. The molecule has 0 saturated heterocycles. The number of fused-ring (bicyclic) bond motifs is 4. The van der Waals surface area contributed by atoms with Gasteiger partial charge in [0.25, 0.3) is 10.0 Å². The van der Waals surface area contributed by atoms with Crippen molar-refractivity contribution in [3.8, 4) is 0 Å². The third-order valence-corrected chi connectivity index (χ3v) is 8.26. The van der Waals surface area contributed by atoms with Gasteiger partial charge in [-0.3, -0.25) is 0 Å². The van der Waals surface area contributed by atoms with Crippen molar-refractivity contribution in [2.24, 2.45) is 0 Å². The maximum atomic E-state index is 13.7. The second-order valence-electron chi connectivity index (χ2n) is 8.59. The topological polar surface area (TPSA) is 39.1 Å². The molecule has 3 nitrogen and oxygen atoms in total. The van der Waals surface area contributed by atoms with Gasteiger partial charge in [0.15, 0.2) is 0 Å². The fraction of sp³-hybridized carbons (Fsp3) is 0.0667. The van der Waals surface area contributed by atoms with Crippen molar-refractivity contribution < 1.29 is 8.42 Å². The molecule has 0 fully saturated rings. The zero-order chi connectivity index (χ0) is 23.1. The standard InChI is InChI=1S/C30H23NO2S/c32-34(33,26-12-2-1-3-13-26)31-28-15-7-6-14-27(28)30-24(11-8-16-29(30)31)20-18-22-17-19-23-9-4-5-10-25(23)21-22/h1-17,19,21H,18,20H2. The van der Waals surface area contributed by atoms with Gasteiger partial charge in [-0.05, 0) is 59.0 Å². The summed E-state index contributed by atoms with van der Waals surface area (Å²) < 4.78 is 28.9. The van der Waals surface area contributed by atoms with Crippen molar-refractivity contribution >= 4 is 42.6 Å². The molecule has 0 spiro atoms. The van der Waals surface area contributed by atoms with Crippen molar-refractivity contribution in [2.75, 3.05) is 0 Å². The SMILES string of the molecule is O=S(=O)(c1ccccc1)n1c2ccccc2c2c(CCc3ccc4ccccc4c3)cccc21. The Morgan fingerprint density at radius 3 is 2.15 bits per heavy atom. The summed E-state index contributed by atoms with van der Waals surface area (Å²) in [5.74, 6) is 0. The van der Waals surface area contributed by atoms with E-state index in [0.29, 0.717) is 10.4 Å². The first kappa shape index (κ1) is 20.7. The molecule has 0 saturated carbocycles. The van der Waals surface area contributed by atoms with Crippen molar-refractivity contribution in [1.29, 1.82) is 0 Å². The normalized spacial score (nSPS) is 12.0. The second-order valence-corrected chi connectivity index (χ2v) is 10.4. The lowest BCUT2D eigenvalue weighted by Gasteiger charge is -2.10. The predicted octanol–water partition coefficient (Wildman–Crippen LogP) is 6.97. The molecule has 0 aliphatic rings. The predicted molar refractivity (Wildman–Crippen MR) is 140 cm³/mol. The van der Waals surface area contributed by atoms with Gasteiger partial charge in [-0.1, -0.05) is 91.0 Å². The van der Waals surface area contributed by atoms with Gasteiger partial charge < -0.3 is 0 Å². The Morgan fingerprint density at radius 1 is 0.588 bits per heavy atom. The van der Waals surface area contributed by atoms with Gasteiger partial charge in [0.1, 0.15) is 0 Å².